The van der Waals surface area contributed by atoms with Crippen LogP contribution < -0.4 is 5.73 Å². The molecule has 0 fully saturated rings. The highest BCUT2D eigenvalue weighted by Gasteiger charge is 2.29. The van der Waals surface area contributed by atoms with Gasteiger partial charge in [-0.3, -0.25) is 0 Å². The number of benzene rings is 2. The number of rotatable bonds is 1. The zero-order valence-corrected chi connectivity index (χ0v) is 11.0. The molecule has 0 bridgehead atoms. The van der Waals surface area contributed by atoms with Crippen LogP contribution in [-0.4, -0.2) is 4.98 Å². The lowest BCUT2D eigenvalue weighted by Gasteiger charge is -2.13. The van der Waals surface area contributed by atoms with E-state index in [1.54, 1.807) is 0 Å². The fourth-order valence-electron chi connectivity index (χ4n) is 3.10. The zero-order valence-electron chi connectivity index (χ0n) is 11.0. The summed E-state index contributed by atoms with van der Waals surface area (Å²) in [7, 11) is 0. The molecule has 0 atom stereocenters. The van der Waals surface area contributed by atoms with Gasteiger partial charge in [-0.2, -0.15) is 0 Å². The van der Waals surface area contributed by atoms with Gasteiger partial charge in [-0.05, 0) is 34.4 Å². The van der Waals surface area contributed by atoms with E-state index in [0.717, 1.165) is 5.69 Å². The number of anilines is 1. The first-order valence-corrected chi connectivity index (χ1v) is 6.75. The summed E-state index contributed by atoms with van der Waals surface area (Å²) in [5.74, 6) is 0.760. The van der Waals surface area contributed by atoms with Crippen LogP contribution in [-0.2, 0) is 0 Å². The van der Waals surface area contributed by atoms with E-state index < -0.39 is 0 Å². The first kappa shape index (κ1) is 11.2. The van der Waals surface area contributed by atoms with Crippen molar-refractivity contribution in [1.82, 2.24) is 4.98 Å². The third-order valence-corrected chi connectivity index (χ3v) is 3.92. The van der Waals surface area contributed by atoms with Crippen molar-refractivity contribution in [1.29, 1.82) is 0 Å². The Balaban J connectivity index is 2.00. The Bertz CT molecular complexity index is 747. The van der Waals surface area contributed by atoms with Crippen molar-refractivity contribution in [2.45, 2.75) is 5.92 Å². The second-order valence-electron chi connectivity index (χ2n) is 5.09. The first-order chi connectivity index (χ1) is 9.84. The van der Waals surface area contributed by atoms with Crippen LogP contribution in [0.25, 0.3) is 11.1 Å². The summed E-state index contributed by atoms with van der Waals surface area (Å²) in [4.78, 5) is 4.53. The fraction of sp³-hybridized carbons (Fsp3) is 0.0556. The van der Waals surface area contributed by atoms with Crippen molar-refractivity contribution in [3.05, 3.63) is 83.6 Å². The van der Waals surface area contributed by atoms with Crippen LogP contribution in [0.4, 0.5) is 5.82 Å². The third-order valence-electron chi connectivity index (χ3n) is 3.92. The standard InChI is InChI=1S/C18H14N2/c19-17-11-5-10-16(20-17)18-14-8-3-1-6-12(14)13-7-2-4-9-15(13)18/h1-11,18H,(H2,19,20). The molecule has 1 aromatic heterocycles. The highest BCUT2D eigenvalue weighted by atomic mass is 14.8. The lowest BCUT2D eigenvalue weighted by atomic mass is 9.93. The van der Waals surface area contributed by atoms with Gasteiger partial charge in [0.1, 0.15) is 5.82 Å². The van der Waals surface area contributed by atoms with Crippen LogP contribution >= 0.6 is 0 Å². The number of nitrogens with zero attached hydrogens (tertiary/aromatic N) is 1. The molecule has 0 unspecified atom stereocenters. The highest BCUT2D eigenvalue weighted by Crippen LogP contribution is 2.47. The molecule has 96 valence electrons. The summed E-state index contributed by atoms with van der Waals surface area (Å²) in [6.07, 6.45) is 0. The number of hydrogen-bond donors (Lipinski definition) is 1. The van der Waals surface area contributed by atoms with E-state index in [9.17, 15) is 0 Å². The van der Waals surface area contributed by atoms with Crippen LogP contribution in [0.1, 0.15) is 22.7 Å². The molecule has 1 heterocycles. The van der Waals surface area contributed by atoms with Gasteiger partial charge in [0.05, 0.1) is 11.6 Å². The largest absolute Gasteiger partial charge is 0.384 e. The summed E-state index contributed by atoms with van der Waals surface area (Å²) in [5, 5.41) is 0. The van der Waals surface area contributed by atoms with Crippen molar-refractivity contribution >= 4 is 5.82 Å². The minimum atomic E-state index is 0.186. The molecule has 0 amide bonds. The van der Waals surface area contributed by atoms with E-state index >= 15 is 0 Å². The summed E-state index contributed by atoms with van der Waals surface area (Å²) >= 11 is 0. The Kier molecular flexibility index (Phi) is 2.36. The van der Waals surface area contributed by atoms with E-state index in [-0.39, 0.29) is 5.92 Å². The maximum Gasteiger partial charge on any atom is 0.123 e. The molecule has 3 aromatic rings. The van der Waals surface area contributed by atoms with Crippen LogP contribution in [0.2, 0.25) is 0 Å². The van der Waals surface area contributed by atoms with Crippen molar-refractivity contribution < 1.29 is 0 Å². The molecule has 2 nitrogen and oxygen atoms in total. The molecular formula is C18H14N2. The molecule has 0 aliphatic heterocycles. The van der Waals surface area contributed by atoms with Crippen molar-refractivity contribution in [2.24, 2.45) is 0 Å². The molecule has 0 saturated heterocycles. The second-order valence-corrected chi connectivity index (χ2v) is 5.09. The SMILES string of the molecule is Nc1cccc(C2c3ccccc3-c3ccccc32)n1. The van der Waals surface area contributed by atoms with E-state index in [0.29, 0.717) is 5.82 Å². The number of nitrogens with two attached hydrogens (primary N) is 1. The molecule has 2 aromatic carbocycles. The van der Waals surface area contributed by atoms with Crippen LogP contribution in [0.3, 0.4) is 0 Å². The first-order valence-electron chi connectivity index (χ1n) is 6.75. The second kappa shape index (κ2) is 4.20. The Hall–Kier alpha value is -2.61. The average Bonchev–Trinajstić information content (AvgIpc) is 2.82. The van der Waals surface area contributed by atoms with Gasteiger partial charge in [0.25, 0.3) is 0 Å². The molecule has 20 heavy (non-hydrogen) atoms. The minimum absolute atomic E-state index is 0.186. The van der Waals surface area contributed by atoms with Crippen molar-refractivity contribution in [3.63, 3.8) is 0 Å². The van der Waals surface area contributed by atoms with Gasteiger partial charge < -0.3 is 5.73 Å². The Labute approximate surface area is 117 Å². The smallest absolute Gasteiger partial charge is 0.123 e. The Morgan fingerprint density at radius 3 is 1.90 bits per heavy atom. The van der Waals surface area contributed by atoms with E-state index in [1.807, 2.05) is 12.1 Å². The monoisotopic (exact) mass is 258 g/mol. The van der Waals surface area contributed by atoms with Gasteiger partial charge in [0.15, 0.2) is 0 Å². The maximum absolute atomic E-state index is 5.86. The van der Waals surface area contributed by atoms with E-state index in [2.05, 4.69) is 59.6 Å². The molecule has 0 spiro atoms. The van der Waals surface area contributed by atoms with E-state index in [1.165, 1.54) is 22.3 Å². The molecule has 0 saturated carbocycles. The molecule has 4 rings (SSSR count). The average molecular weight is 258 g/mol. The lowest BCUT2D eigenvalue weighted by molar-refractivity contribution is 0.950. The summed E-state index contributed by atoms with van der Waals surface area (Å²) in [6.45, 7) is 0. The van der Waals surface area contributed by atoms with Crippen LogP contribution in [0.5, 0.6) is 0 Å². The third kappa shape index (κ3) is 1.55. The molecule has 1 aliphatic rings. The molecular weight excluding hydrogens is 244 g/mol. The maximum atomic E-state index is 5.86. The zero-order chi connectivity index (χ0) is 13.5. The van der Waals surface area contributed by atoms with E-state index in [4.69, 9.17) is 5.73 Å². The number of fused-ring (bicyclic) bond motifs is 3. The summed E-state index contributed by atoms with van der Waals surface area (Å²) in [6, 6.07) is 22.9. The normalized spacial score (nSPS) is 13.0. The summed E-state index contributed by atoms with van der Waals surface area (Å²) < 4.78 is 0. The number of aromatic nitrogens is 1. The topological polar surface area (TPSA) is 38.9 Å². The van der Waals surface area contributed by atoms with Gasteiger partial charge in [0, 0.05) is 0 Å². The van der Waals surface area contributed by atoms with Crippen molar-refractivity contribution in [3.8, 4) is 11.1 Å². The molecule has 1 aliphatic carbocycles. The Morgan fingerprint density at radius 1 is 0.700 bits per heavy atom. The molecule has 2 heteroatoms. The van der Waals surface area contributed by atoms with Crippen molar-refractivity contribution in [2.75, 3.05) is 5.73 Å². The van der Waals surface area contributed by atoms with Crippen LogP contribution in [0, 0.1) is 0 Å². The summed E-state index contributed by atoms with van der Waals surface area (Å²) in [5.41, 5.74) is 12.1. The predicted octanol–water partition coefficient (Wildman–Crippen LogP) is 3.82. The minimum Gasteiger partial charge on any atom is -0.384 e. The van der Waals surface area contributed by atoms with Crippen LogP contribution in [0.15, 0.2) is 66.7 Å². The molecule has 2 N–H and O–H groups in total. The van der Waals surface area contributed by atoms with Gasteiger partial charge in [-0.25, -0.2) is 4.98 Å². The molecule has 0 radical (unpaired) electrons. The number of pyridine rings is 1. The van der Waals surface area contributed by atoms with Gasteiger partial charge >= 0.3 is 0 Å². The lowest BCUT2D eigenvalue weighted by Crippen LogP contribution is -2.03. The Morgan fingerprint density at radius 2 is 1.30 bits per heavy atom. The highest BCUT2D eigenvalue weighted by molar-refractivity contribution is 5.80. The predicted molar refractivity (Wildman–Crippen MR) is 81.5 cm³/mol. The quantitative estimate of drug-likeness (QED) is 0.563. The van der Waals surface area contributed by atoms with Gasteiger partial charge in [-0.1, -0.05) is 54.6 Å². The van der Waals surface area contributed by atoms with Gasteiger partial charge in [0.2, 0.25) is 0 Å². The number of hydrogen-bond acceptors (Lipinski definition) is 2. The fourth-order valence-corrected chi connectivity index (χ4v) is 3.10. The van der Waals surface area contributed by atoms with Gasteiger partial charge in [-0.15, -0.1) is 0 Å². The number of nitrogen functional groups attached to an aromatic ring is 1.